The van der Waals surface area contributed by atoms with Gasteiger partial charge in [0.05, 0.1) is 0 Å². The van der Waals surface area contributed by atoms with Crippen LogP contribution in [0.3, 0.4) is 0 Å². The molecule has 0 saturated heterocycles. The van der Waals surface area contributed by atoms with E-state index in [2.05, 4.69) is 25.1 Å². The second-order valence-corrected chi connectivity index (χ2v) is 3.70. The summed E-state index contributed by atoms with van der Waals surface area (Å²) in [6.45, 7) is 2.48. The highest BCUT2D eigenvalue weighted by molar-refractivity contribution is 5.27. The smallest absolute Gasteiger partial charge is 0.0471 e. The minimum atomic E-state index is 0.255. The van der Waals surface area contributed by atoms with Crippen LogP contribution < -0.4 is 0 Å². The van der Waals surface area contributed by atoms with Gasteiger partial charge in [-0.05, 0) is 30.4 Å². The third-order valence-electron chi connectivity index (χ3n) is 2.55. The summed E-state index contributed by atoms with van der Waals surface area (Å²) in [6.07, 6.45) is 5.78. The first-order valence-electron chi connectivity index (χ1n) is 5.56. The fourth-order valence-electron chi connectivity index (χ4n) is 1.73. The first-order valence-corrected chi connectivity index (χ1v) is 5.56. The van der Waals surface area contributed by atoms with E-state index in [4.69, 9.17) is 5.11 Å². The second kappa shape index (κ2) is 6.61. The minimum Gasteiger partial charge on any atom is -0.396 e. The highest BCUT2D eigenvalue weighted by Gasteiger charge is 2.00. The van der Waals surface area contributed by atoms with Crippen molar-refractivity contribution < 1.29 is 5.11 Å². The zero-order chi connectivity index (χ0) is 10.2. The van der Waals surface area contributed by atoms with E-state index in [9.17, 15) is 0 Å². The van der Waals surface area contributed by atoms with Crippen LogP contribution in [0.15, 0.2) is 24.3 Å². The van der Waals surface area contributed by atoms with Crippen molar-refractivity contribution in [3.05, 3.63) is 35.4 Å². The summed E-state index contributed by atoms with van der Waals surface area (Å²) < 4.78 is 0. The fraction of sp³-hybridized carbons (Fsp3) is 0.538. The van der Waals surface area contributed by atoms with Crippen molar-refractivity contribution in [2.24, 2.45) is 0 Å². The van der Waals surface area contributed by atoms with Gasteiger partial charge in [-0.1, -0.05) is 44.0 Å². The number of benzene rings is 1. The number of aryl methyl sites for hydroxylation is 1. The van der Waals surface area contributed by atoms with Crippen molar-refractivity contribution in [1.29, 1.82) is 0 Å². The van der Waals surface area contributed by atoms with Gasteiger partial charge in [0.15, 0.2) is 0 Å². The Morgan fingerprint density at radius 2 is 1.64 bits per heavy atom. The van der Waals surface area contributed by atoms with Gasteiger partial charge in [-0.15, -0.1) is 0 Å². The van der Waals surface area contributed by atoms with E-state index in [-0.39, 0.29) is 6.61 Å². The molecule has 1 heteroatoms. The maximum absolute atomic E-state index is 8.92. The molecule has 0 unspecified atom stereocenters. The zero-order valence-electron chi connectivity index (χ0n) is 9.00. The minimum absolute atomic E-state index is 0.255. The second-order valence-electron chi connectivity index (χ2n) is 3.70. The Balaban J connectivity index is 2.55. The Bertz CT molecular complexity index is 255. The van der Waals surface area contributed by atoms with Crippen LogP contribution >= 0.6 is 0 Å². The topological polar surface area (TPSA) is 20.2 Å². The summed E-state index contributed by atoms with van der Waals surface area (Å²) in [4.78, 5) is 0. The van der Waals surface area contributed by atoms with E-state index < -0.39 is 0 Å². The van der Waals surface area contributed by atoms with Crippen molar-refractivity contribution in [2.75, 3.05) is 6.61 Å². The van der Waals surface area contributed by atoms with Crippen LogP contribution in [0.4, 0.5) is 0 Å². The molecule has 0 aliphatic carbocycles. The van der Waals surface area contributed by atoms with Gasteiger partial charge in [0.1, 0.15) is 0 Å². The monoisotopic (exact) mass is 192 g/mol. The summed E-state index contributed by atoms with van der Waals surface area (Å²) in [5.74, 6) is 0. The van der Waals surface area contributed by atoms with Gasteiger partial charge in [0.2, 0.25) is 0 Å². The lowest BCUT2D eigenvalue weighted by molar-refractivity contribution is 0.299. The molecule has 1 nitrogen and oxygen atoms in total. The Kier molecular flexibility index (Phi) is 5.31. The van der Waals surface area contributed by atoms with Gasteiger partial charge in [-0.3, -0.25) is 0 Å². The molecule has 0 saturated carbocycles. The number of rotatable bonds is 6. The summed E-state index contributed by atoms with van der Waals surface area (Å²) in [7, 11) is 0. The molecule has 78 valence electrons. The number of unbranched alkanes of at least 4 members (excludes halogenated alkanes) is 2. The molecule has 0 aliphatic heterocycles. The highest BCUT2D eigenvalue weighted by Crippen LogP contribution is 2.13. The molecule has 0 radical (unpaired) electrons. The Hall–Kier alpha value is -0.820. The van der Waals surface area contributed by atoms with Crippen LogP contribution in [0.25, 0.3) is 0 Å². The molecule has 0 spiro atoms. The third-order valence-corrected chi connectivity index (χ3v) is 2.55. The standard InChI is InChI=1S/C13H20O/c1-2-3-4-7-12-8-5-6-9-13(12)10-11-14/h5-6,8-9,14H,2-4,7,10-11H2,1H3. The van der Waals surface area contributed by atoms with Gasteiger partial charge in [-0.2, -0.15) is 0 Å². The van der Waals surface area contributed by atoms with Crippen molar-refractivity contribution in [3.63, 3.8) is 0 Å². The first-order chi connectivity index (χ1) is 6.88. The van der Waals surface area contributed by atoms with Crippen LogP contribution in [-0.4, -0.2) is 11.7 Å². The van der Waals surface area contributed by atoms with Crippen molar-refractivity contribution in [2.45, 2.75) is 39.0 Å². The molecule has 0 aromatic heterocycles. The van der Waals surface area contributed by atoms with Gasteiger partial charge < -0.3 is 5.11 Å². The molecule has 0 amide bonds. The maximum atomic E-state index is 8.92. The molecule has 0 heterocycles. The van der Waals surface area contributed by atoms with Gasteiger partial charge in [0.25, 0.3) is 0 Å². The van der Waals surface area contributed by atoms with Gasteiger partial charge >= 0.3 is 0 Å². The van der Waals surface area contributed by atoms with E-state index in [0.717, 1.165) is 12.8 Å². The molecule has 14 heavy (non-hydrogen) atoms. The number of aliphatic hydroxyl groups excluding tert-OH is 1. The van der Waals surface area contributed by atoms with Crippen molar-refractivity contribution in [1.82, 2.24) is 0 Å². The van der Waals surface area contributed by atoms with Gasteiger partial charge in [0, 0.05) is 6.61 Å². The molecular formula is C13H20O. The van der Waals surface area contributed by atoms with E-state index in [1.54, 1.807) is 0 Å². The zero-order valence-corrected chi connectivity index (χ0v) is 9.00. The van der Waals surface area contributed by atoms with Crippen LogP contribution in [0.2, 0.25) is 0 Å². The molecular weight excluding hydrogens is 172 g/mol. The van der Waals surface area contributed by atoms with E-state index in [1.807, 2.05) is 6.07 Å². The number of hydrogen-bond acceptors (Lipinski definition) is 1. The average molecular weight is 192 g/mol. The lowest BCUT2D eigenvalue weighted by atomic mass is 9.99. The van der Waals surface area contributed by atoms with Crippen molar-refractivity contribution >= 4 is 0 Å². The van der Waals surface area contributed by atoms with Crippen LogP contribution in [0.1, 0.15) is 37.3 Å². The molecule has 1 aromatic carbocycles. The molecule has 0 fully saturated rings. The predicted molar refractivity (Wildman–Crippen MR) is 60.5 cm³/mol. The normalized spacial score (nSPS) is 10.4. The lowest BCUT2D eigenvalue weighted by Crippen LogP contribution is -1.97. The van der Waals surface area contributed by atoms with E-state index >= 15 is 0 Å². The molecule has 0 atom stereocenters. The lowest BCUT2D eigenvalue weighted by Gasteiger charge is -2.07. The predicted octanol–water partition coefficient (Wildman–Crippen LogP) is 2.95. The first kappa shape index (κ1) is 11.3. The van der Waals surface area contributed by atoms with Crippen LogP contribution in [-0.2, 0) is 12.8 Å². The largest absolute Gasteiger partial charge is 0.396 e. The highest BCUT2D eigenvalue weighted by atomic mass is 16.2. The summed E-state index contributed by atoms with van der Waals surface area (Å²) in [6, 6.07) is 8.44. The molecule has 1 rings (SSSR count). The third kappa shape index (κ3) is 3.51. The Morgan fingerprint density at radius 3 is 2.21 bits per heavy atom. The van der Waals surface area contributed by atoms with E-state index in [1.165, 1.54) is 30.4 Å². The molecule has 0 aliphatic rings. The van der Waals surface area contributed by atoms with Gasteiger partial charge in [-0.25, -0.2) is 0 Å². The van der Waals surface area contributed by atoms with Crippen molar-refractivity contribution in [3.8, 4) is 0 Å². The molecule has 1 N–H and O–H groups in total. The number of hydrogen-bond donors (Lipinski definition) is 1. The summed E-state index contributed by atoms with van der Waals surface area (Å²) >= 11 is 0. The van der Waals surface area contributed by atoms with E-state index in [0.29, 0.717) is 0 Å². The quantitative estimate of drug-likeness (QED) is 0.687. The maximum Gasteiger partial charge on any atom is 0.0471 e. The van der Waals surface area contributed by atoms with Crippen LogP contribution in [0.5, 0.6) is 0 Å². The SMILES string of the molecule is CCCCCc1ccccc1CCO. The fourth-order valence-corrected chi connectivity index (χ4v) is 1.73. The van der Waals surface area contributed by atoms with Crippen LogP contribution in [0, 0.1) is 0 Å². The molecule has 0 bridgehead atoms. The average Bonchev–Trinajstić information content (AvgIpc) is 2.21. The summed E-state index contributed by atoms with van der Waals surface area (Å²) in [5, 5.41) is 8.92. The Labute approximate surface area is 86.8 Å². The summed E-state index contributed by atoms with van der Waals surface area (Å²) in [5.41, 5.74) is 2.72. The number of aliphatic hydroxyl groups is 1. The Morgan fingerprint density at radius 1 is 1.00 bits per heavy atom. The molecule has 1 aromatic rings.